The number of carbonyl (C=O) groups is 1. The van der Waals surface area contributed by atoms with Crippen molar-refractivity contribution in [1.29, 1.82) is 0 Å². The number of hydrogen-bond acceptors (Lipinski definition) is 6. The zero-order chi connectivity index (χ0) is 20.8. The minimum atomic E-state index is -1.79. The minimum Gasteiger partial charge on any atom is -0.495 e. The molecule has 3 atom stereocenters. The van der Waals surface area contributed by atoms with Crippen LogP contribution in [0.25, 0.3) is 0 Å². The van der Waals surface area contributed by atoms with Crippen LogP contribution in [0.15, 0.2) is 35.5 Å². The summed E-state index contributed by atoms with van der Waals surface area (Å²) in [6, 6.07) is 4.88. The molecule has 2 aromatic rings. The first-order valence-electron chi connectivity index (χ1n) is 8.98. The van der Waals surface area contributed by atoms with Crippen molar-refractivity contribution >= 4 is 11.8 Å². The molecule has 1 aliphatic heterocycles. The van der Waals surface area contributed by atoms with Gasteiger partial charge in [-0.05, 0) is 30.2 Å². The van der Waals surface area contributed by atoms with E-state index in [-0.39, 0.29) is 23.7 Å². The molecule has 2 heterocycles. The van der Waals surface area contributed by atoms with Crippen LogP contribution in [-0.4, -0.2) is 36.7 Å². The van der Waals surface area contributed by atoms with Crippen LogP contribution >= 0.6 is 0 Å². The smallest absolute Gasteiger partial charge is 0.283 e. The SMILES string of the molecule is COc1ccc(C(=O)Cc2ccc(F)c([C@]3(CF)N=C(N)O[C@H]4C[C@H]43)c2F)nc1. The lowest BCUT2D eigenvalue weighted by atomic mass is 9.83. The van der Waals surface area contributed by atoms with Gasteiger partial charge in [-0.2, -0.15) is 0 Å². The van der Waals surface area contributed by atoms with Gasteiger partial charge in [-0.1, -0.05) is 6.07 Å². The normalized spacial score (nSPS) is 24.9. The molecule has 2 aliphatic rings. The molecule has 0 amide bonds. The van der Waals surface area contributed by atoms with Gasteiger partial charge in [-0.25, -0.2) is 23.1 Å². The summed E-state index contributed by atoms with van der Waals surface area (Å²) in [6.07, 6.45) is 0.969. The third-order valence-corrected chi connectivity index (χ3v) is 5.34. The Labute approximate surface area is 164 Å². The number of aliphatic imine (C=N–C) groups is 1. The summed E-state index contributed by atoms with van der Waals surface area (Å²) in [4.78, 5) is 20.4. The predicted molar refractivity (Wildman–Crippen MR) is 97.4 cm³/mol. The van der Waals surface area contributed by atoms with Crippen molar-refractivity contribution in [2.75, 3.05) is 13.8 Å². The number of carbonyl (C=O) groups excluding carboxylic acids is 1. The van der Waals surface area contributed by atoms with Crippen LogP contribution in [0.2, 0.25) is 0 Å². The highest BCUT2D eigenvalue weighted by molar-refractivity contribution is 5.95. The van der Waals surface area contributed by atoms with Gasteiger partial charge >= 0.3 is 0 Å². The highest BCUT2D eigenvalue weighted by atomic mass is 19.1. The van der Waals surface area contributed by atoms with Gasteiger partial charge in [0.05, 0.1) is 18.9 Å². The van der Waals surface area contributed by atoms with Crippen molar-refractivity contribution in [2.45, 2.75) is 24.5 Å². The van der Waals surface area contributed by atoms with Gasteiger partial charge in [0.15, 0.2) is 5.78 Å². The molecule has 2 N–H and O–H groups in total. The van der Waals surface area contributed by atoms with E-state index in [1.165, 1.54) is 19.4 Å². The Kier molecular flexibility index (Phi) is 4.68. The van der Waals surface area contributed by atoms with Crippen LogP contribution in [0.4, 0.5) is 13.2 Å². The van der Waals surface area contributed by atoms with Gasteiger partial charge < -0.3 is 15.2 Å². The van der Waals surface area contributed by atoms with Crippen LogP contribution in [-0.2, 0) is 16.7 Å². The molecule has 1 fully saturated rings. The molecular formula is C20H18F3N3O3. The maximum Gasteiger partial charge on any atom is 0.283 e. The second-order valence-corrected chi connectivity index (χ2v) is 7.09. The second kappa shape index (κ2) is 7.06. The summed E-state index contributed by atoms with van der Waals surface area (Å²) in [5.41, 5.74) is 3.32. The fourth-order valence-corrected chi connectivity index (χ4v) is 3.76. The second-order valence-electron chi connectivity index (χ2n) is 7.09. The van der Waals surface area contributed by atoms with Gasteiger partial charge in [-0.15, -0.1) is 0 Å². The molecular weight excluding hydrogens is 387 g/mol. The van der Waals surface area contributed by atoms with Crippen LogP contribution in [0.3, 0.4) is 0 Å². The molecule has 0 bridgehead atoms. The maximum absolute atomic E-state index is 15.3. The fourth-order valence-electron chi connectivity index (χ4n) is 3.76. The van der Waals surface area contributed by atoms with Gasteiger partial charge in [0.2, 0.25) is 0 Å². The van der Waals surface area contributed by atoms with Crippen molar-refractivity contribution in [3.8, 4) is 5.75 Å². The monoisotopic (exact) mass is 405 g/mol. The van der Waals surface area contributed by atoms with Crippen LogP contribution < -0.4 is 10.5 Å². The van der Waals surface area contributed by atoms with Crippen molar-refractivity contribution in [3.05, 3.63) is 58.9 Å². The van der Waals surface area contributed by atoms with Gasteiger partial charge in [0.1, 0.15) is 41.4 Å². The lowest BCUT2D eigenvalue weighted by Crippen LogP contribution is -2.40. The summed E-state index contributed by atoms with van der Waals surface area (Å²) in [5, 5.41) is 0. The molecule has 29 heavy (non-hydrogen) atoms. The highest BCUT2D eigenvalue weighted by Gasteiger charge is 2.61. The summed E-state index contributed by atoms with van der Waals surface area (Å²) in [5.74, 6) is -2.47. The number of amidine groups is 1. The lowest BCUT2D eigenvalue weighted by molar-refractivity contribution is 0.0986. The number of ether oxygens (including phenoxy) is 2. The number of benzene rings is 1. The standard InChI is InChI=1S/C20H18F3N3O3/c1-28-11-3-5-14(25-8-11)15(27)6-10-2-4-13(22)17(18(10)23)20(9-21)12-7-16(12)29-19(24)26-20/h2-5,8,12,16H,6-7,9H2,1H3,(H2,24,26)/t12-,16+,20-/m1/s1. The van der Waals surface area contributed by atoms with Crippen LogP contribution in [0.5, 0.6) is 5.75 Å². The number of nitrogens with two attached hydrogens (primary N) is 1. The number of alkyl halides is 1. The van der Waals surface area contributed by atoms with E-state index in [1.54, 1.807) is 6.07 Å². The summed E-state index contributed by atoms with van der Waals surface area (Å²) in [6.45, 7) is -1.14. The van der Waals surface area contributed by atoms with E-state index in [0.717, 1.165) is 12.1 Å². The maximum atomic E-state index is 15.3. The first-order valence-corrected chi connectivity index (χ1v) is 8.98. The first-order chi connectivity index (χ1) is 13.9. The van der Waals surface area contributed by atoms with E-state index in [1.807, 2.05) is 0 Å². The molecule has 152 valence electrons. The van der Waals surface area contributed by atoms with Gasteiger partial charge in [-0.3, -0.25) is 4.79 Å². The van der Waals surface area contributed by atoms with E-state index in [9.17, 15) is 13.6 Å². The predicted octanol–water partition coefficient (Wildman–Crippen LogP) is 2.69. The molecule has 1 aromatic carbocycles. The van der Waals surface area contributed by atoms with Crippen molar-refractivity contribution in [2.24, 2.45) is 16.6 Å². The minimum absolute atomic E-state index is 0.0747. The molecule has 1 aromatic heterocycles. The van der Waals surface area contributed by atoms with Gasteiger partial charge in [0, 0.05) is 12.3 Å². The number of fused-ring (bicyclic) bond motifs is 1. The average molecular weight is 405 g/mol. The quantitative estimate of drug-likeness (QED) is 0.747. The number of pyridine rings is 1. The van der Waals surface area contributed by atoms with E-state index < -0.39 is 47.2 Å². The lowest BCUT2D eigenvalue weighted by Gasteiger charge is -2.32. The number of halogens is 3. The zero-order valence-corrected chi connectivity index (χ0v) is 15.5. The van der Waals surface area contributed by atoms with E-state index in [0.29, 0.717) is 12.2 Å². The number of methoxy groups -OCH3 is 1. The number of nitrogens with zero attached hydrogens (tertiary/aromatic N) is 2. The molecule has 0 saturated heterocycles. The number of aromatic nitrogens is 1. The van der Waals surface area contributed by atoms with Crippen molar-refractivity contribution < 1.29 is 27.4 Å². The Morgan fingerprint density at radius 2 is 2.14 bits per heavy atom. The Bertz CT molecular complexity index is 996. The number of rotatable bonds is 6. The largest absolute Gasteiger partial charge is 0.495 e. The number of hydrogen-bond donors (Lipinski definition) is 1. The molecule has 0 radical (unpaired) electrons. The number of ketones is 1. The molecule has 0 spiro atoms. The Hall–Kier alpha value is -3.10. The molecule has 4 rings (SSSR count). The van der Waals surface area contributed by atoms with E-state index >= 15 is 4.39 Å². The molecule has 6 nitrogen and oxygen atoms in total. The molecule has 1 aliphatic carbocycles. The molecule has 0 unspecified atom stereocenters. The first kappa shape index (κ1) is 19.2. The van der Waals surface area contributed by atoms with E-state index in [4.69, 9.17) is 15.2 Å². The Morgan fingerprint density at radius 3 is 2.79 bits per heavy atom. The summed E-state index contributed by atoms with van der Waals surface area (Å²) < 4.78 is 54.3. The van der Waals surface area contributed by atoms with Gasteiger partial charge in [0.25, 0.3) is 6.02 Å². The summed E-state index contributed by atoms with van der Waals surface area (Å²) in [7, 11) is 1.46. The topological polar surface area (TPSA) is 86.8 Å². The fraction of sp³-hybridized carbons (Fsp3) is 0.350. The molecule has 9 heteroatoms. The number of Topliss-reactive ketones (excluding diaryl/α,β-unsaturated/α-hetero) is 1. The third kappa shape index (κ3) is 3.20. The molecule has 1 saturated carbocycles. The average Bonchev–Trinajstić information content (AvgIpc) is 3.50. The Balaban J connectivity index is 1.70. The third-order valence-electron chi connectivity index (χ3n) is 5.34. The van der Waals surface area contributed by atoms with E-state index in [2.05, 4.69) is 9.98 Å². The zero-order valence-electron chi connectivity index (χ0n) is 15.5. The highest BCUT2D eigenvalue weighted by Crippen LogP contribution is 2.54. The van der Waals surface area contributed by atoms with Crippen LogP contribution in [0.1, 0.15) is 28.0 Å². The Morgan fingerprint density at radius 1 is 1.34 bits per heavy atom. The summed E-state index contributed by atoms with van der Waals surface area (Å²) >= 11 is 0. The van der Waals surface area contributed by atoms with Crippen molar-refractivity contribution in [3.63, 3.8) is 0 Å². The van der Waals surface area contributed by atoms with Crippen molar-refractivity contribution in [1.82, 2.24) is 4.98 Å². The van der Waals surface area contributed by atoms with Crippen LogP contribution in [0, 0.1) is 17.6 Å².